The maximum atomic E-state index is 9.91. The van der Waals surface area contributed by atoms with Gasteiger partial charge in [0.2, 0.25) is 5.75 Å². The van der Waals surface area contributed by atoms with E-state index in [4.69, 9.17) is 9.47 Å². The van der Waals surface area contributed by atoms with Crippen LogP contribution >= 0.6 is 11.8 Å². The summed E-state index contributed by atoms with van der Waals surface area (Å²) in [6.45, 7) is 0.765. The highest BCUT2D eigenvalue weighted by atomic mass is 32.2. The van der Waals surface area contributed by atoms with Gasteiger partial charge >= 0.3 is 0 Å². The van der Waals surface area contributed by atoms with Crippen molar-refractivity contribution in [2.75, 3.05) is 20.5 Å². The fourth-order valence-electron chi connectivity index (χ4n) is 2.81. The number of aromatic hydroxyl groups is 1. The molecule has 1 fully saturated rings. The van der Waals surface area contributed by atoms with Gasteiger partial charge in [-0.15, -0.1) is 0 Å². The summed E-state index contributed by atoms with van der Waals surface area (Å²) in [5.41, 5.74) is 1.06. The molecule has 0 spiro atoms. The van der Waals surface area contributed by atoms with Crippen LogP contribution in [0.25, 0.3) is 0 Å². The van der Waals surface area contributed by atoms with Crippen LogP contribution in [0.15, 0.2) is 12.1 Å². The standard InChI is InChI=1S/C16H25NO3S/c1-19-14-8-11(9-15(20-2)16(14)18)10-17-12-4-6-13(21-3)7-5-12/h8-9,12-13,17-18H,4-7,10H2,1-3H3. The summed E-state index contributed by atoms with van der Waals surface area (Å²) in [6, 6.07) is 4.30. The molecule has 0 atom stereocenters. The summed E-state index contributed by atoms with van der Waals surface area (Å²) >= 11 is 1.99. The van der Waals surface area contributed by atoms with Crippen molar-refractivity contribution in [3.8, 4) is 17.2 Å². The van der Waals surface area contributed by atoms with E-state index >= 15 is 0 Å². The summed E-state index contributed by atoms with van der Waals surface area (Å²) in [6.07, 6.45) is 7.26. The van der Waals surface area contributed by atoms with E-state index in [2.05, 4.69) is 11.6 Å². The van der Waals surface area contributed by atoms with Crippen LogP contribution in [0, 0.1) is 0 Å². The third-order valence-corrected chi connectivity index (χ3v) is 5.28. The zero-order valence-electron chi connectivity index (χ0n) is 13.0. The Kier molecular flexibility index (Phi) is 6.06. The van der Waals surface area contributed by atoms with Gasteiger partial charge in [-0.25, -0.2) is 0 Å². The van der Waals surface area contributed by atoms with E-state index in [0.717, 1.165) is 17.4 Å². The number of hydrogen-bond acceptors (Lipinski definition) is 5. The highest BCUT2D eigenvalue weighted by molar-refractivity contribution is 7.99. The van der Waals surface area contributed by atoms with E-state index in [9.17, 15) is 5.11 Å². The number of benzene rings is 1. The molecule has 0 saturated heterocycles. The van der Waals surface area contributed by atoms with Crippen molar-refractivity contribution in [3.05, 3.63) is 17.7 Å². The SMILES string of the molecule is COc1cc(CNC2CCC(SC)CC2)cc(OC)c1O. The number of methoxy groups -OCH3 is 2. The molecule has 1 aliphatic rings. The smallest absolute Gasteiger partial charge is 0.200 e. The van der Waals surface area contributed by atoms with Crippen molar-refractivity contribution >= 4 is 11.8 Å². The Morgan fingerprint density at radius 1 is 1.14 bits per heavy atom. The lowest BCUT2D eigenvalue weighted by Crippen LogP contribution is -2.33. The molecule has 2 rings (SSSR count). The predicted molar refractivity (Wildman–Crippen MR) is 87.6 cm³/mol. The monoisotopic (exact) mass is 311 g/mol. The second-order valence-electron chi connectivity index (χ2n) is 5.44. The molecule has 1 aromatic carbocycles. The summed E-state index contributed by atoms with van der Waals surface area (Å²) in [4.78, 5) is 0. The number of nitrogens with one attached hydrogen (secondary N) is 1. The van der Waals surface area contributed by atoms with Gasteiger partial charge in [-0.05, 0) is 49.6 Å². The first kappa shape index (κ1) is 16.3. The minimum absolute atomic E-state index is 0.0595. The number of phenolic OH excluding ortho intramolecular Hbond substituents is 1. The first-order valence-electron chi connectivity index (χ1n) is 7.38. The molecule has 0 bridgehead atoms. The van der Waals surface area contributed by atoms with E-state index in [-0.39, 0.29) is 5.75 Å². The van der Waals surface area contributed by atoms with Gasteiger partial charge in [-0.1, -0.05) is 0 Å². The number of thioether (sulfide) groups is 1. The molecule has 1 aromatic rings. The number of ether oxygens (including phenoxy) is 2. The fourth-order valence-corrected chi connectivity index (χ4v) is 3.56. The first-order chi connectivity index (χ1) is 10.2. The number of rotatable bonds is 6. The maximum absolute atomic E-state index is 9.91. The van der Waals surface area contributed by atoms with Crippen LogP contribution in [0.1, 0.15) is 31.2 Å². The van der Waals surface area contributed by atoms with Crippen molar-refractivity contribution in [3.63, 3.8) is 0 Å². The van der Waals surface area contributed by atoms with Crippen molar-refractivity contribution in [2.24, 2.45) is 0 Å². The third-order valence-electron chi connectivity index (χ3n) is 4.14. The average Bonchev–Trinajstić information content (AvgIpc) is 2.54. The largest absolute Gasteiger partial charge is 0.502 e. The molecular formula is C16H25NO3S. The molecule has 21 heavy (non-hydrogen) atoms. The molecule has 0 heterocycles. The van der Waals surface area contributed by atoms with Crippen LogP contribution in [0.5, 0.6) is 17.2 Å². The van der Waals surface area contributed by atoms with Gasteiger partial charge in [0.1, 0.15) is 0 Å². The molecule has 118 valence electrons. The fraction of sp³-hybridized carbons (Fsp3) is 0.625. The van der Waals surface area contributed by atoms with E-state index in [1.807, 2.05) is 23.9 Å². The van der Waals surface area contributed by atoms with Gasteiger partial charge in [-0.3, -0.25) is 0 Å². The van der Waals surface area contributed by atoms with Gasteiger partial charge in [0.25, 0.3) is 0 Å². The lowest BCUT2D eigenvalue weighted by molar-refractivity contribution is 0.337. The Labute approximate surface area is 131 Å². The molecule has 2 N–H and O–H groups in total. The molecule has 0 amide bonds. The minimum atomic E-state index is 0.0595. The van der Waals surface area contributed by atoms with Crippen LogP contribution in [0.3, 0.4) is 0 Å². The normalized spacial score (nSPS) is 22.0. The second-order valence-corrected chi connectivity index (χ2v) is 6.58. The van der Waals surface area contributed by atoms with E-state index in [0.29, 0.717) is 17.5 Å². The summed E-state index contributed by atoms with van der Waals surface area (Å²) in [5.74, 6) is 0.971. The number of hydrogen-bond donors (Lipinski definition) is 2. The van der Waals surface area contributed by atoms with Gasteiger partial charge in [-0.2, -0.15) is 11.8 Å². The Hall–Kier alpha value is -1.07. The molecular weight excluding hydrogens is 286 g/mol. The van der Waals surface area contributed by atoms with Crippen molar-refractivity contribution < 1.29 is 14.6 Å². The van der Waals surface area contributed by atoms with Crippen LogP contribution < -0.4 is 14.8 Å². The highest BCUT2D eigenvalue weighted by Gasteiger charge is 2.20. The molecule has 0 aliphatic heterocycles. The van der Waals surface area contributed by atoms with Crippen molar-refractivity contribution in [1.29, 1.82) is 0 Å². The Morgan fingerprint density at radius 3 is 2.19 bits per heavy atom. The molecule has 5 heteroatoms. The first-order valence-corrected chi connectivity index (χ1v) is 8.66. The van der Waals surface area contributed by atoms with Crippen LogP contribution in [-0.2, 0) is 6.54 Å². The Bertz CT molecular complexity index is 434. The molecule has 0 radical (unpaired) electrons. The second kappa shape index (κ2) is 7.80. The number of phenols is 1. The van der Waals surface area contributed by atoms with Crippen LogP contribution in [0.4, 0.5) is 0 Å². The lowest BCUT2D eigenvalue weighted by Gasteiger charge is -2.28. The van der Waals surface area contributed by atoms with Crippen LogP contribution in [-0.4, -0.2) is 36.9 Å². The quantitative estimate of drug-likeness (QED) is 0.845. The van der Waals surface area contributed by atoms with Crippen molar-refractivity contribution in [1.82, 2.24) is 5.32 Å². The zero-order valence-corrected chi connectivity index (χ0v) is 13.8. The maximum Gasteiger partial charge on any atom is 0.200 e. The van der Waals surface area contributed by atoms with Crippen molar-refractivity contribution in [2.45, 2.75) is 43.5 Å². The molecule has 1 aliphatic carbocycles. The van der Waals surface area contributed by atoms with Crippen LogP contribution in [0.2, 0.25) is 0 Å². The molecule has 1 saturated carbocycles. The summed E-state index contributed by atoms with van der Waals surface area (Å²) in [5, 5.41) is 14.3. The Morgan fingerprint density at radius 2 is 1.71 bits per heavy atom. The highest BCUT2D eigenvalue weighted by Crippen LogP contribution is 2.37. The molecule has 0 aromatic heterocycles. The van der Waals surface area contributed by atoms with Gasteiger partial charge < -0.3 is 19.9 Å². The molecule has 0 unspecified atom stereocenters. The third kappa shape index (κ3) is 4.20. The topological polar surface area (TPSA) is 50.7 Å². The van der Waals surface area contributed by atoms with Gasteiger partial charge in [0.15, 0.2) is 11.5 Å². The predicted octanol–water partition coefficient (Wildman–Crippen LogP) is 3.17. The van der Waals surface area contributed by atoms with E-state index in [1.165, 1.54) is 25.7 Å². The van der Waals surface area contributed by atoms with Gasteiger partial charge in [0, 0.05) is 17.8 Å². The average molecular weight is 311 g/mol. The minimum Gasteiger partial charge on any atom is -0.502 e. The Balaban J connectivity index is 1.94. The zero-order chi connectivity index (χ0) is 15.2. The lowest BCUT2D eigenvalue weighted by atomic mass is 9.95. The van der Waals surface area contributed by atoms with E-state index in [1.54, 1.807) is 14.2 Å². The van der Waals surface area contributed by atoms with Gasteiger partial charge in [0.05, 0.1) is 14.2 Å². The summed E-state index contributed by atoms with van der Waals surface area (Å²) < 4.78 is 10.4. The van der Waals surface area contributed by atoms with E-state index < -0.39 is 0 Å². The molecule has 4 nitrogen and oxygen atoms in total. The summed E-state index contributed by atoms with van der Waals surface area (Å²) in [7, 11) is 3.10.